The van der Waals surface area contributed by atoms with E-state index in [1.165, 1.54) is 0 Å². The van der Waals surface area contributed by atoms with Crippen LogP contribution < -0.4 is 4.74 Å². The molecule has 2 heterocycles. The maximum absolute atomic E-state index is 10.4. The largest absolute Gasteiger partial charge is 0.488 e. The monoisotopic (exact) mass is 450 g/mol. The van der Waals surface area contributed by atoms with Crippen molar-refractivity contribution in [3.8, 4) is 5.75 Å². The molecule has 0 aliphatic carbocycles. The minimum absolute atomic E-state index is 0.0931. The third-order valence-corrected chi connectivity index (χ3v) is 6.17. The van der Waals surface area contributed by atoms with Crippen molar-refractivity contribution in [2.45, 2.75) is 49.5 Å². The van der Waals surface area contributed by atoms with E-state index < -0.39 is 37.1 Å². The second kappa shape index (κ2) is 9.83. The molecule has 8 heteroatoms. The van der Waals surface area contributed by atoms with Gasteiger partial charge >= 0.3 is 0 Å². The van der Waals surface area contributed by atoms with Gasteiger partial charge in [0.05, 0.1) is 19.8 Å². The average Bonchev–Trinajstić information content (AvgIpc) is 3.28. The SMILES string of the molecule is OC[C@@H]1O[C@H](c2ccc(Cl)c(Cc3ccc(O[C@@H]4CCOC4)cc3)c2)[C@H](O)[C@H](O)[C@@H]1O. The van der Waals surface area contributed by atoms with Crippen molar-refractivity contribution >= 4 is 11.6 Å². The summed E-state index contributed by atoms with van der Waals surface area (Å²) < 4.78 is 16.9. The van der Waals surface area contributed by atoms with Crippen LogP contribution >= 0.6 is 11.6 Å². The van der Waals surface area contributed by atoms with E-state index in [-0.39, 0.29) is 6.10 Å². The molecule has 2 aliphatic rings. The molecule has 0 unspecified atom stereocenters. The van der Waals surface area contributed by atoms with Crippen LogP contribution in [0.2, 0.25) is 5.02 Å². The van der Waals surface area contributed by atoms with Crippen LogP contribution in [-0.2, 0) is 15.9 Å². The zero-order chi connectivity index (χ0) is 22.0. The number of hydrogen-bond acceptors (Lipinski definition) is 7. The molecule has 0 saturated carbocycles. The molecule has 0 spiro atoms. The lowest BCUT2D eigenvalue weighted by Gasteiger charge is -2.40. The van der Waals surface area contributed by atoms with Gasteiger partial charge in [-0.1, -0.05) is 35.9 Å². The van der Waals surface area contributed by atoms with Crippen LogP contribution in [0.15, 0.2) is 42.5 Å². The predicted molar refractivity (Wildman–Crippen MR) is 113 cm³/mol. The van der Waals surface area contributed by atoms with E-state index in [1.54, 1.807) is 12.1 Å². The fourth-order valence-corrected chi connectivity index (χ4v) is 4.17. The first-order chi connectivity index (χ1) is 15.0. The van der Waals surface area contributed by atoms with Gasteiger partial charge in [-0.15, -0.1) is 0 Å². The lowest BCUT2D eigenvalue weighted by molar-refractivity contribution is -0.231. The van der Waals surface area contributed by atoms with Crippen molar-refractivity contribution in [2.75, 3.05) is 19.8 Å². The highest BCUT2D eigenvalue weighted by atomic mass is 35.5. The van der Waals surface area contributed by atoms with E-state index in [4.69, 9.17) is 25.8 Å². The highest BCUT2D eigenvalue weighted by Gasteiger charge is 2.44. The number of hydrogen-bond donors (Lipinski definition) is 4. The molecule has 4 rings (SSSR count). The summed E-state index contributed by atoms with van der Waals surface area (Å²) in [5.74, 6) is 0.792. The molecule has 6 atom stereocenters. The fraction of sp³-hybridized carbons (Fsp3) is 0.478. The molecule has 168 valence electrons. The van der Waals surface area contributed by atoms with Gasteiger partial charge in [0, 0.05) is 11.4 Å². The first-order valence-corrected chi connectivity index (χ1v) is 10.8. The molecule has 2 aromatic rings. The molecule has 2 fully saturated rings. The van der Waals surface area contributed by atoms with E-state index in [2.05, 4.69) is 0 Å². The van der Waals surface area contributed by atoms with Gasteiger partial charge < -0.3 is 34.6 Å². The zero-order valence-corrected chi connectivity index (χ0v) is 17.7. The molecule has 0 aromatic heterocycles. The minimum atomic E-state index is -1.42. The Bertz CT molecular complexity index is 867. The second-order valence-corrected chi connectivity index (χ2v) is 8.43. The average molecular weight is 451 g/mol. The van der Waals surface area contributed by atoms with Crippen LogP contribution in [-0.4, -0.2) is 70.8 Å². The topological polar surface area (TPSA) is 109 Å². The summed E-state index contributed by atoms with van der Waals surface area (Å²) in [6, 6.07) is 13.0. The van der Waals surface area contributed by atoms with Crippen molar-refractivity contribution < 1.29 is 34.6 Å². The van der Waals surface area contributed by atoms with E-state index in [0.717, 1.165) is 29.9 Å². The molecule has 0 radical (unpaired) electrons. The fourth-order valence-electron chi connectivity index (χ4n) is 3.99. The molecule has 2 saturated heterocycles. The van der Waals surface area contributed by atoms with Gasteiger partial charge in [0.1, 0.15) is 42.4 Å². The summed E-state index contributed by atoms with van der Waals surface area (Å²) in [6.45, 7) is 0.872. The smallest absolute Gasteiger partial charge is 0.124 e. The van der Waals surface area contributed by atoms with E-state index >= 15 is 0 Å². The van der Waals surface area contributed by atoms with Gasteiger partial charge in [-0.25, -0.2) is 0 Å². The van der Waals surface area contributed by atoms with Crippen molar-refractivity contribution in [3.05, 3.63) is 64.2 Å². The third-order valence-electron chi connectivity index (χ3n) is 5.80. The summed E-state index contributed by atoms with van der Waals surface area (Å²) in [7, 11) is 0. The second-order valence-electron chi connectivity index (χ2n) is 8.02. The maximum atomic E-state index is 10.4. The van der Waals surface area contributed by atoms with Crippen LogP contribution in [0.3, 0.4) is 0 Å². The van der Waals surface area contributed by atoms with Crippen molar-refractivity contribution in [2.24, 2.45) is 0 Å². The van der Waals surface area contributed by atoms with Crippen LogP contribution in [0.1, 0.15) is 29.2 Å². The van der Waals surface area contributed by atoms with Crippen LogP contribution in [0, 0.1) is 0 Å². The number of ether oxygens (including phenoxy) is 3. The van der Waals surface area contributed by atoms with E-state index in [1.807, 2.05) is 30.3 Å². The quantitative estimate of drug-likeness (QED) is 0.529. The number of rotatable bonds is 6. The normalized spacial score (nSPS) is 31.0. The summed E-state index contributed by atoms with van der Waals surface area (Å²) >= 11 is 6.40. The Labute approximate surface area is 185 Å². The van der Waals surface area contributed by atoms with Gasteiger partial charge in [0.25, 0.3) is 0 Å². The van der Waals surface area contributed by atoms with Gasteiger partial charge in [0.2, 0.25) is 0 Å². The molecule has 2 aromatic carbocycles. The van der Waals surface area contributed by atoms with Crippen molar-refractivity contribution in [3.63, 3.8) is 0 Å². The number of halogens is 1. The Morgan fingerprint density at radius 1 is 1.00 bits per heavy atom. The Morgan fingerprint density at radius 2 is 1.77 bits per heavy atom. The Morgan fingerprint density at radius 3 is 2.45 bits per heavy atom. The number of benzene rings is 2. The lowest BCUT2D eigenvalue weighted by atomic mass is 9.90. The highest BCUT2D eigenvalue weighted by Crippen LogP contribution is 2.34. The Hall–Kier alpha value is -1.71. The first-order valence-electron chi connectivity index (χ1n) is 10.4. The molecule has 0 amide bonds. The van der Waals surface area contributed by atoms with E-state index in [9.17, 15) is 20.4 Å². The lowest BCUT2D eigenvalue weighted by Crippen LogP contribution is -2.55. The molecule has 2 aliphatic heterocycles. The van der Waals surface area contributed by atoms with Gasteiger partial charge in [-0.05, 0) is 41.3 Å². The standard InChI is InChI=1S/C23H27ClO7/c24-18-6-3-14(23-22(28)21(27)20(26)19(11-25)31-23)10-15(18)9-13-1-4-16(5-2-13)30-17-7-8-29-12-17/h1-6,10,17,19-23,25-28H,7-9,11-12H2/t17-,19+,20-,21-,22-,23-/m1/s1. The first kappa shape index (κ1) is 22.5. The summed E-state index contributed by atoms with van der Waals surface area (Å²) in [4.78, 5) is 0. The molecular weight excluding hydrogens is 424 g/mol. The molecule has 7 nitrogen and oxygen atoms in total. The van der Waals surface area contributed by atoms with E-state index in [0.29, 0.717) is 23.6 Å². The summed E-state index contributed by atoms with van der Waals surface area (Å²) in [6.07, 6.45) is -4.46. The van der Waals surface area contributed by atoms with Gasteiger partial charge in [-0.2, -0.15) is 0 Å². The van der Waals surface area contributed by atoms with Crippen molar-refractivity contribution in [1.82, 2.24) is 0 Å². The third kappa shape index (κ3) is 5.04. The van der Waals surface area contributed by atoms with Gasteiger partial charge in [0.15, 0.2) is 0 Å². The predicted octanol–water partition coefficient (Wildman–Crippen LogP) is 1.61. The van der Waals surface area contributed by atoms with Crippen LogP contribution in [0.5, 0.6) is 5.75 Å². The summed E-state index contributed by atoms with van der Waals surface area (Å²) in [5, 5.41) is 40.5. The molecule has 31 heavy (non-hydrogen) atoms. The molecule has 0 bridgehead atoms. The zero-order valence-electron chi connectivity index (χ0n) is 16.9. The van der Waals surface area contributed by atoms with Crippen LogP contribution in [0.25, 0.3) is 0 Å². The van der Waals surface area contributed by atoms with Crippen molar-refractivity contribution in [1.29, 1.82) is 0 Å². The van der Waals surface area contributed by atoms with Crippen LogP contribution in [0.4, 0.5) is 0 Å². The van der Waals surface area contributed by atoms with Gasteiger partial charge in [-0.3, -0.25) is 0 Å². The maximum Gasteiger partial charge on any atom is 0.124 e. The highest BCUT2D eigenvalue weighted by molar-refractivity contribution is 6.31. The Balaban J connectivity index is 1.49. The number of aliphatic hydroxyl groups excluding tert-OH is 4. The Kier molecular flexibility index (Phi) is 7.13. The number of aliphatic hydroxyl groups is 4. The molecule has 4 N–H and O–H groups in total. The minimum Gasteiger partial charge on any atom is -0.488 e. The summed E-state index contributed by atoms with van der Waals surface area (Å²) in [5.41, 5.74) is 2.47. The molecular formula is C23H27ClO7.